The Hall–Kier alpha value is 0.0200. The largest absolute Gasteiger partial charge is 0.324 e. The van der Waals surface area contributed by atoms with E-state index in [1.165, 1.54) is 0 Å². The van der Waals surface area contributed by atoms with Crippen LogP contribution in [0.5, 0.6) is 0 Å². The Labute approximate surface area is 124 Å². The number of thioether (sulfide) groups is 1. The second-order valence-electron chi connectivity index (χ2n) is 3.50. The van der Waals surface area contributed by atoms with Crippen LogP contribution in [0.4, 0.5) is 5.69 Å². The maximum atomic E-state index is 11.8. The zero-order valence-corrected chi connectivity index (χ0v) is 13.1. The van der Waals surface area contributed by atoms with Crippen LogP contribution < -0.4 is 11.1 Å². The number of amides is 1. The molecule has 1 amide bonds. The second-order valence-corrected chi connectivity index (χ2v) is 6.09. The number of hydrogen-bond donors (Lipinski definition) is 2. The third-order valence-corrected chi connectivity index (χ3v) is 3.93. The van der Waals surface area contributed by atoms with Crippen molar-refractivity contribution < 1.29 is 4.79 Å². The molecule has 17 heavy (non-hydrogen) atoms. The Balaban J connectivity index is 2.61. The van der Waals surface area contributed by atoms with Crippen molar-refractivity contribution >= 4 is 57.5 Å². The molecule has 1 aromatic rings. The SMILES string of the molecule is CSCC[C@H](N)C(=O)Nc1ccc(Cl)cc1I. The topological polar surface area (TPSA) is 55.1 Å². The summed E-state index contributed by atoms with van der Waals surface area (Å²) < 4.78 is 0.903. The van der Waals surface area contributed by atoms with E-state index in [2.05, 4.69) is 27.9 Å². The van der Waals surface area contributed by atoms with Gasteiger partial charge in [-0.3, -0.25) is 4.79 Å². The second kappa shape index (κ2) is 7.45. The predicted octanol–water partition coefficient (Wildman–Crippen LogP) is 2.96. The zero-order valence-electron chi connectivity index (χ0n) is 9.37. The van der Waals surface area contributed by atoms with E-state index >= 15 is 0 Å². The van der Waals surface area contributed by atoms with Crippen molar-refractivity contribution in [1.82, 2.24) is 0 Å². The van der Waals surface area contributed by atoms with Crippen molar-refractivity contribution in [2.45, 2.75) is 12.5 Å². The van der Waals surface area contributed by atoms with Gasteiger partial charge in [-0.05, 0) is 59.2 Å². The van der Waals surface area contributed by atoms with Gasteiger partial charge >= 0.3 is 0 Å². The third kappa shape index (κ3) is 5.03. The van der Waals surface area contributed by atoms with Gasteiger partial charge in [-0.1, -0.05) is 11.6 Å². The molecular formula is C11H14ClIN2OS. The van der Waals surface area contributed by atoms with Crippen molar-refractivity contribution in [2.75, 3.05) is 17.3 Å². The molecule has 0 unspecified atom stereocenters. The van der Waals surface area contributed by atoms with Crippen LogP contribution in [0.1, 0.15) is 6.42 Å². The zero-order chi connectivity index (χ0) is 12.8. The fourth-order valence-electron chi connectivity index (χ4n) is 1.19. The van der Waals surface area contributed by atoms with E-state index in [-0.39, 0.29) is 5.91 Å². The maximum absolute atomic E-state index is 11.8. The summed E-state index contributed by atoms with van der Waals surface area (Å²) >= 11 is 9.65. The summed E-state index contributed by atoms with van der Waals surface area (Å²) in [4.78, 5) is 11.8. The van der Waals surface area contributed by atoms with E-state index in [0.29, 0.717) is 11.4 Å². The van der Waals surface area contributed by atoms with Gasteiger partial charge < -0.3 is 11.1 Å². The van der Waals surface area contributed by atoms with Crippen LogP contribution >= 0.6 is 46.0 Å². The molecule has 1 aromatic carbocycles. The molecule has 0 aliphatic carbocycles. The first kappa shape index (κ1) is 15.1. The smallest absolute Gasteiger partial charge is 0.241 e. The van der Waals surface area contributed by atoms with E-state index < -0.39 is 6.04 Å². The van der Waals surface area contributed by atoms with Gasteiger partial charge in [-0.2, -0.15) is 11.8 Å². The summed E-state index contributed by atoms with van der Waals surface area (Å²) in [5.41, 5.74) is 6.53. The summed E-state index contributed by atoms with van der Waals surface area (Å²) in [7, 11) is 0. The highest BCUT2D eigenvalue weighted by molar-refractivity contribution is 14.1. The first-order valence-electron chi connectivity index (χ1n) is 5.05. The van der Waals surface area contributed by atoms with Gasteiger partial charge in [0.1, 0.15) is 0 Å². The minimum Gasteiger partial charge on any atom is -0.324 e. The van der Waals surface area contributed by atoms with Crippen LogP contribution in [-0.4, -0.2) is 24.0 Å². The number of nitrogens with two attached hydrogens (primary N) is 1. The normalized spacial score (nSPS) is 12.2. The molecule has 0 aliphatic rings. The summed E-state index contributed by atoms with van der Waals surface area (Å²) in [6.45, 7) is 0. The van der Waals surface area contributed by atoms with Gasteiger partial charge in [0.15, 0.2) is 0 Å². The summed E-state index contributed by atoms with van der Waals surface area (Å²) in [6.07, 6.45) is 2.67. The highest BCUT2D eigenvalue weighted by Crippen LogP contribution is 2.22. The summed E-state index contributed by atoms with van der Waals surface area (Å²) in [5.74, 6) is 0.728. The maximum Gasteiger partial charge on any atom is 0.241 e. The molecule has 3 N–H and O–H groups in total. The molecule has 0 heterocycles. The van der Waals surface area contributed by atoms with Crippen LogP contribution in [0.3, 0.4) is 0 Å². The Bertz CT molecular complexity index is 403. The molecule has 0 bridgehead atoms. The predicted molar refractivity (Wildman–Crippen MR) is 83.8 cm³/mol. The molecule has 1 atom stereocenters. The average Bonchev–Trinajstić information content (AvgIpc) is 2.29. The Morgan fingerprint density at radius 2 is 2.35 bits per heavy atom. The fraction of sp³-hybridized carbons (Fsp3) is 0.364. The molecule has 0 saturated heterocycles. The highest BCUT2D eigenvalue weighted by Gasteiger charge is 2.14. The molecule has 94 valence electrons. The van der Waals surface area contributed by atoms with Crippen molar-refractivity contribution in [3.63, 3.8) is 0 Å². The first-order valence-corrected chi connectivity index (χ1v) is 7.90. The number of carbonyl (C=O) groups is 1. The summed E-state index contributed by atoms with van der Waals surface area (Å²) in [6, 6.07) is 4.86. The molecule has 0 saturated carbocycles. The van der Waals surface area contributed by atoms with E-state index in [4.69, 9.17) is 17.3 Å². The number of benzene rings is 1. The number of hydrogen-bond acceptors (Lipinski definition) is 3. The standard InChI is InChI=1S/C11H14ClIN2OS/c1-17-5-4-9(14)11(16)15-10-3-2-7(12)6-8(10)13/h2-3,6,9H,4-5,14H2,1H3,(H,15,16)/t9-/m0/s1. The molecule has 0 aromatic heterocycles. The highest BCUT2D eigenvalue weighted by atomic mass is 127. The lowest BCUT2D eigenvalue weighted by atomic mass is 10.2. The number of rotatable bonds is 5. The number of carbonyl (C=O) groups excluding carboxylic acids is 1. The number of nitrogens with one attached hydrogen (secondary N) is 1. The van der Waals surface area contributed by atoms with Crippen LogP contribution in [0.15, 0.2) is 18.2 Å². The van der Waals surface area contributed by atoms with E-state index in [1.807, 2.05) is 6.26 Å². The Morgan fingerprint density at radius 3 is 2.94 bits per heavy atom. The number of halogens is 2. The molecule has 1 rings (SSSR count). The van der Waals surface area contributed by atoms with Crippen LogP contribution in [-0.2, 0) is 4.79 Å². The minimum absolute atomic E-state index is 0.153. The monoisotopic (exact) mass is 384 g/mol. The molecule has 0 radical (unpaired) electrons. The van der Waals surface area contributed by atoms with Crippen molar-refractivity contribution in [3.05, 3.63) is 26.8 Å². The Kier molecular flexibility index (Phi) is 6.61. The quantitative estimate of drug-likeness (QED) is 0.768. The lowest BCUT2D eigenvalue weighted by molar-refractivity contribution is -0.117. The number of anilines is 1. The van der Waals surface area contributed by atoms with Crippen LogP contribution in [0.2, 0.25) is 5.02 Å². The van der Waals surface area contributed by atoms with Gasteiger partial charge in [0, 0.05) is 8.59 Å². The molecule has 0 spiro atoms. The van der Waals surface area contributed by atoms with Crippen molar-refractivity contribution in [3.8, 4) is 0 Å². The van der Waals surface area contributed by atoms with Crippen molar-refractivity contribution in [1.29, 1.82) is 0 Å². The van der Waals surface area contributed by atoms with Gasteiger partial charge in [0.05, 0.1) is 11.7 Å². The van der Waals surface area contributed by atoms with Crippen LogP contribution in [0.25, 0.3) is 0 Å². The van der Waals surface area contributed by atoms with Gasteiger partial charge in [0.2, 0.25) is 5.91 Å². The lowest BCUT2D eigenvalue weighted by Gasteiger charge is -2.12. The first-order chi connectivity index (χ1) is 8.04. The van der Waals surface area contributed by atoms with E-state index in [9.17, 15) is 4.79 Å². The molecule has 6 heteroatoms. The summed E-state index contributed by atoms with van der Waals surface area (Å²) in [5, 5.41) is 3.46. The van der Waals surface area contributed by atoms with E-state index in [1.54, 1.807) is 30.0 Å². The molecular weight excluding hydrogens is 371 g/mol. The molecule has 0 fully saturated rings. The van der Waals surface area contributed by atoms with Crippen LogP contribution in [0, 0.1) is 3.57 Å². The third-order valence-electron chi connectivity index (χ3n) is 2.16. The average molecular weight is 385 g/mol. The molecule has 3 nitrogen and oxygen atoms in total. The lowest BCUT2D eigenvalue weighted by Crippen LogP contribution is -2.36. The van der Waals surface area contributed by atoms with E-state index in [0.717, 1.165) is 15.0 Å². The van der Waals surface area contributed by atoms with Crippen molar-refractivity contribution in [2.24, 2.45) is 5.73 Å². The fourth-order valence-corrected chi connectivity index (χ4v) is 2.69. The van der Waals surface area contributed by atoms with Gasteiger partial charge in [-0.15, -0.1) is 0 Å². The molecule has 0 aliphatic heterocycles. The van der Waals surface area contributed by atoms with Gasteiger partial charge in [-0.25, -0.2) is 0 Å². The minimum atomic E-state index is -0.464. The Morgan fingerprint density at radius 1 is 1.65 bits per heavy atom. The van der Waals surface area contributed by atoms with Gasteiger partial charge in [0.25, 0.3) is 0 Å².